The van der Waals surface area contributed by atoms with Crippen molar-refractivity contribution in [2.45, 2.75) is 0 Å². The maximum atomic E-state index is 11.2. The number of carboxylic acid groups (broad SMARTS) is 8. The van der Waals surface area contributed by atoms with Gasteiger partial charge in [-0.05, 0) is 260 Å². The SMILES string of the molecule is O=C(O)c1ccc(-c2ccc(C(=O)O)cc2)cc1.O=C(O)c1ccc(N=Nc2ccc(C(=O)O)cc2)cc1.O=COc1ccc(-c2cc(-c3ccc(C(=O)O)cc3)cc(-c3ccc(C(=O)O)cc3)c2)cc1.O=COc1ccc(-c2cc(-c3ccc(C(=O)O)cc3)cc(-c3ccc(C(=O)O)cc3)c2)cc1. The number of azo groups is 1. The minimum Gasteiger partial charge on any atom is -0.478 e. The molecular weight excluding hydrogens is 1330 g/mol. The molecule has 104 heavy (non-hydrogen) atoms. The maximum Gasteiger partial charge on any atom is 0.335 e. The second kappa shape index (κ2) is 34.4. The van der Waals surface area contributed by atoms with Gasteiger partial charge in [0.2, 0.25) is 0 Å². The molecule has 12 aromatic rings. The van der Waals surface area contributed by atoms with Gasteiger partial charge >= 0.3 is 47.8 Å². The standard InChI is InChI=1S/2C27H18O6.C14H10N2O4.C14H10O4/c2*28-16-33-25-11-9-19(10-12-25)24-14-22(17-1-5-20(6-2-17)26(29)30)13-23(15-24)18-3-7-21(8-4-18)27(31)32;17-13(18)9-1-5-11(6-2-9)15-16-12-7-3-10(4-8-12)14(19)20;15-13(16)11-5-1-9(2-6-11)10-3-7-12(8-4-10)14(17)18/h2*1-16H,(H,29,30)(H,31,32);1-8H,(H,17,18)(H,19,20);1-8H,(H,15,16)(H,17,18). The topological polar surface area (TPSA) is 376 Å². The highest BCUT2D eigenvalue weighted by atomic mass is 16.5. The molecule has 0 aliphatic rings. The molecule has 12 rings (SSSR count). The van der Waals surface area contributed by atoms with Crippen LogP contribution in [0.3, 0.4) is 0 Å². The highest BCUT2D eigenvalue weighted by Gasteiger charge is 2.15. The van der Waals surface area contributed by atoms with Crippen LogP contribution >= 0.6 is 0 Å². The van der Waals surface area contributed by atoms with Crippen LogP contribution in [0.15, 0.2) is 289 Å². The number of carbonyl (C=O) groups excluding carboxylic acids is 2. The van der Waals surface area contributed by atoms with Crippen LogP contribution in [0.1, 0.15) is 82.9 Å². The third-order valence-corrected chi connectivity index (χ3v) is 15.6. The number of aromatic carboxylic acids is 8. The lowest BCUT2D eigenvalue weighted by molar-refractivity contribution is -0.121. The van der Waals surface area contributed by atoms with Crippen molar-refractivity contribution in [1.82, 2.24) is 0 Å². The molecule has 22 heteroatoms. The molecule has 8 N–H and O–H groups in total. The second-order valence-electron chi connectivity index (χ2n) is 22.3. The van der Waals surface area contributed by atoms with Crippen LogP contribution in [0.2, 0.25) is 0 Å². The van der Waals surface area contributed by atoms with Crippen LogP contribution in [-0.4, -0.2) is 102 Å². The molecule has 0 aromatic heterocycles. The summed E-state index contributed by atoms with van der Waals surface area (Å²) in [5.41, 5.74) is 14.7. The summed E-state index contributed by atoms with van der Waals surface area (Å²) in [5.74, 6) is -7.06. The van der Waals surface area contributed by atoms with E-state index >= 15 is 0 Å². The van der Waals surface area contributed by atoms with E-state index < -0.39 is 47.8 Å². The fourth-order valence-corrected chi connectivity index (χ4v) is 10.1. The Balaban J connectivity index is 0.000000166. The van der Waals surface area contributed by atoms with Gasteiger partial charge < -0.3 is 50.3 Å². The van der Waals surface area contributed by atoms with Crippen molar-refractivity contribution in [2.75, 3.05) is 0 Å². The van der Waals surface area contributed by atoms with Crippen LogP contribution in [0, 0.1) is 0 Å². The number of hydrogen-bond donors (Lipinski definition) is 8. The molecule has 0 radical (unpaired) electrons. The van der Waals surface area contributed by atoms with Gasteiger partial charge in [-0.1, -0.05) is 97.1 Å². The van der Waals surface area contributed by atoms with Crippen molar-refractivity contribution in [2.24, 2.45) is 10.2 Å². The molecule has 0 amide bonds. The van der Waals surface area contributed by atoms with E-state index in [-0.39, 0.29) is 44.5 Å². The van der Waals surface area contributed by atoms with Crippen molar-refractivity contribution in [3.8, 4) is 89.4 Å². The van der Waals surface area contributed by atoms with E-state index in [1.165, 1.54) is 48.5 Å². The summed E-state index contributed by atoms with van der Waals surface area (Å²) in [4.78, 5) is 109. The Labute approximate surface area is 590 Å². The van der Waals surface area contributed by atoms with E-state index in [0.717, 1.165) is 77.9 Å². The van der Waals surface area contributed by atoms with Crippen LogP contribution in [0.4, 0.5) is 11.4 Å². The molecule has 0 saturated heterocycles. The fraction of sp³-hybridized carbons (Fsp3) is 0. The zero-order valence-corrected chi connectivity index (χ0v) is 54.1. The van der Waals surface area contributed by atoms with Gasteiger partial charge in [0.05, 0.1) is 55.9 Å². The third kappa shape index (κ3) is 19.8. The van der Waals surface area contributed by atoms with Crippen LogP contribution < -0.4 is 9.47 Å². The van der Waals surface area contributed by atoms with E-state index in [1.807, 2.05) is 60.7 Å². The predicted molar refractivity (Wildman–Crippen MR) is 383 cm³/mol. The number of benzene rings is 12. The van der Waals surface area contributed by atoms with E-state index in [0.29, 0.717) is 35.8 Å². The number of hydrogen-bond acceptors (Lipinski definition) is 14. The van der Waals surface area contributed by atoms with Gasteiger partial charge in [0.25, 0.3) is 12.9 Å². The molecule has 0 aliphatic carbocycles. The summed E-state index contributed by atoms with van der Waals surface area (Å²) < 4.78 is 9.73. The maximum absolute atomic E-state index is 11.2. The monoisotopic (exact) mass is 1390 g/mol. The van der Waals surface area contributed by atoms with Crippen LogP contribution in [0.25, 0.3) is 77.9 Å². The Morgan fingerprint density at radius 1 is 0.202 bits per heavy atom. The average molecular weight is 1390 g/mol. The molecule has 0 unspecified atom stereocenters. The summed E-state index contributed by atoms with van der Waals surface area (Å²) in [6.07, 6.45) is 0. The summed E-state index contributed by atoms with van der Waals surface area (Å²) in [6, 6.07) is 77.2. The van der Waals surface area contributed by atoms with Crippen LogP contribution in [0.5, 0.6) is 11.5 Å². The zero-order valence-electron chi connectivity index (χ0n) is 54.1. The van der Waals surface area contributed by atoms with E-state index in [2.05, 4.69) is 10.2 Å². The first-order valence-corrected chi connectivity index (χ1v) is 30.8. The Kier molecular flexibility index (Phi) is 24.2. The molecule has 0 aliphatic heterocycles. The lowest BCUT2D eigenvalue weighted by Crippen LogP contribution is -1.96. The number of nitrogens with zero attached hydrogens (tertiary/aromatic N) is 2. The van der Waals surface area contributed by atoms with E-state index in [9.17, 15) is 68.4 Å². The van der Waals surface area contributed by atoms with Gasteiger partial charge in [0.15, 0.2) is 0 Å². The number of ether oxygens (including phenoxy) is 2. The lowest BCUT2D eigenvalue weighted by atomic mass is 9.92. The summed E-state index contributed by atoms with van der Waals surface area (Å²) in [5, 5.41) is 79.7. The zero-order chi connectivity index (χ0) is 74.4. The van der Waals surface area contributed by atoms with Crippen molar-refractivity contribution >= 4 is 72.1 Å². The Bertz CT molecular complexity index is 4680. The van der Waals surface area contributed by atoms with Gasteiger partial charge in [-0.15, -0.1) is 0 Å². The average Bonchev–Trinajstić information content (AvgIpc) is 0.941. The smallest absolute Gasteiger partial charge is 0.335 e. The summed E-state index contributed by atoms with van der Waals surface area (Å²) >= 11 is 0. The van der Waals surface area contributed by atoms with E-state index in [4.69, 9.17) is 29.9 Å². The fourth-order valence-electron chi connectivity index (χ4n) is 10.1. The quantitative estimate of drug-likeness (QED) is 0.0245. The molecule has 12 aromatic carbocycles. The number of carbonyl (C=O) groups is 10. The molecule has 0 spiro atoms. The highest BCUT2D eigenvalue weighted by Crippen LogP contribution is 2.37. The molecule has 22 nitrogen and oxygen atoms in total. The Morgan fingerprint density at radius 2 is 0.337 bits per heavy atom. The van der Waals surface area contributed by atoms with Crippen LogP contribution in [-0.2, 0) is 9.59 Å². The Morgan fingerprint density at radius 3 is 0.481 bits per heavy atom. The molecule has 0 bridgehead atoms. The normalized spacial score (nSPS) is 10.4. The molecular formula is C82H56N2O20. The summed E-state index contributed by atoms with van der Waals surface area (Å²) in [6.45, 7) is 0.741. The first-order chi connectivity index (χ1) is 50.0. The van der Waals surface area contributed by atoms with Gasteiger partial charge in [0, 0.05) is 0 Å². The predicted octanol–water partition coefficient (Wildman–Crippen LogP) is 17.5. The minimum atomic E-state index is -1.00. The minimum absolute atomic E-state index is 0.176. The van der Waals surface area contributed by atoms with E-state index in [1.54, 1.807) is 170 Å². The number of carboxylic acids is 8. The molecule has 514 valence electrons. The third-order valence-electron chi connectivity index (χ3n) is 15.6. The van der Waals surface area contributed by atoms with Gasteiger partial charge in [0.1, 0.15) is 11.5 Å². The first-order valence-electron chi connectivity index (χ1n) is 30.8. The molecule has 0 atom stereocenters. The molecule has 0 fully saturated rings. The molecule has 0 heterocycles. The second-order valence-corrected chi connectivity index (χ2v) is 22.3. The van der Waals surface area contributed by atoms with Gasteiger partial charge in [-0.3, -0.25) is 9.59 Å². The lowest BCUT2D eigenvalue weighted by Gasteiger charge is -2.12. The summed E-state index contributed by atoms with van der Waals surface area (Å²) in [7, 11) is 0. The first kappa shape index (κ1) is 73.2. The van der Waals surface area contributed by atoms with Crippen molar-refractivity contribution < 1.29 is 98.3 Å². The largest absolute Gasteiger partial charge is 0.478 e. The van der Waals surface area contributed by atoms with Crippen molar-refractivity contribution in [3.63, 3.8) is 0 Å². The Hall–Kier alpha value is -15.1. The number of rotatable bonds is 21. The van der Waals surface area contributed by atoms with Crippen molar-refractivity contribution in [1.29, 1.82) is 0 Å². The highest BCUT2D eigenvalue weighted by molar-refractivity contribution is 5.94. The van der Waals surface area contributed by atoms with Gasteiger partial charge in [-0.2, -0.15) is 10.2 Å². The van der Waals surface area contributed by atoms with Crippen molar-refractivity contribution in [3.05, 3.63) is 324 Å². The van der Waals surface area contributed by atoms with Gasteiger partial charge in [-0.25, -0.2) is 38.4 Å². The molecule has 0 saturated carbocycles.